The molecule has 0 spiro atoms. The second kappa shape index (κ2) is 12.6. The van der Waals surface area contributed by atoms with Gasteiger partial charge in [0.15, 0.2) is 0 Å². The number of hydrogen-bond donors (Lipinski definition) is 0. The second-order valence-corrected chi connectivity index (χ2v) is 7.27. The van der Waals surface area contributed by atoms with Crippen molar-refractivity contribution >= 4 is 0 Å². The fourth-order valence-corrected chi connectivity index (χ4v) is 3.18. The van der Waals surface area contributed by atoms with E-state index in [9.17, 15) is 0 Å². The van der Waals surface area contributed by atoms with Gasteiger partial charge >= 0.3 is 0 Å². The van der Waals surface area contributed by atoms with Crippen LogP contribution in [0.25, 0.3) is 11.4 Å². The van der Waals surface area contributed by atoms with Crippen LogP contribution in [0.15, 0.2) is 30.7 Å². The Labute approximate surface area is 159 Å². The topological polar surface area (TPSA) is 38.7 Å². The van der Waals surface area contributed by atoms with Crippen LogP contribution in [0.5, 0.6) is 0 Å². The Kier molecular flexibility index (Phi) is 9.92. The molecule has 0 unspecified atom stereocenters. The molecule has 2 rings (SSSR count). The van der Waals surface area contributed by atoms with E-state index in [1.54, 1.807) is 0 Å². The lowest BCUT2D eigenvalue weighted by molar-refractivity contribution is 0.627. The average Bonchev–Trinajstić information content (AvgIpc) is 2.69. The quantitative estimate of drug-likeness (QED) is 0.382. The monoisotopic (exact) mass is 353 g/mol. The van der Waals surface area contributed by atoms with E-state index in [1.165, 1.54) is 69.8 Å². The van der Waals surface area contributed by atoms with Crippen LogP contribution in [0, 0.1) is 0 Å². The van der Waals surface area contributed by atoms with Gasteiger partial charge in [0.2, 0.25) is 0 Å². The van der Waals surface area contributed by atoms with E-state index in [4.69, 9.17) is 0 Å². The molecule has 0 aromatic carbocycles. The third kappa shape index (κ3) is 7.63. The molecule has 0 aliphatic carbocycles. The minimum Gasteiger partial charge on any atom is -0.257 e. The van der Waals surface area contributed by atoms with Gasteiger partial charge in [0.1, 0.15) is 5.69 Å². The number of unbranched alkanes of at least 4 members (excludes halogenated alkanes) is 8. The normalized spacial score (nSPS) is 11.0. The molecule has 0 bridgehead atoms. The summed E-state index contributed by atoms with van der Waals surface area (Å²) in [6.07, 6.45) is 21.0. The highest BCUT2D eigenvalue weighted by Crippen LogP contribution is 2.16. The van der Waals surface area contributed by atoms with Gasteiger partial charge in [0.25, 0.3) is 0 Å². The Balaban J connectivity index is 1.77. The third-order valence-corrected chi connectivity index (χ3v) is 4.90. The molecule has 0 aliphatic rings. The Morgan fingerprint density at radius 2 is 1.23 bits per heavy atom. The van der Waals surface area contributed by atoms with Crippen molar-refractivity contribution in [3.63, 3.8) is 0 Å². The summed E-state index contributed by atoms with van der Waals surface area (Å²) in [6, 6.07) is 4.27. The van der Waals surface area contributed by atoms with Gasteiger partial charge in [-0.3, -0.25) is 15.0 Å². The first-order chi connectivity index (χ1) is 12.8. The van der Waals surface area contributed by atoms with Gasteiger partial charge in [-0.2, -0.15) is 0 Å². The summed E-state index contributed by atoms with van der Waals surface area (Å²) in [4.78, 5) is 13.7. The summed E-state index contributed by atoms with van der Waals surface area (Å²) in [7, 11) is 0. The zero-order valence-electron chi connectivity index (χ0n) is 16.7. The number of hydrogen-bond acceptors (Lipinski definition) is 3. The molecule has 26 heavy (non-hydrogen) atoms. The summed E-state index contributed by atoms with van der Waals surface area (Å²) in [5.41, 5.74) is 4.20. The zero-order chi connectivity index (χ0) is 18.5. The van der Waals surface area contributed by atoms with Crippen molar-refractivity contribution in [3.8, 4) is 11.4 Å². The third-order valence-electron chi connectivity index (χ3n) is 4.90. The molecule has 3 heteroatoms. The van der Waals surface area contributed by atoms with E-state index in [1.807, 2.05) is 18.6 Å². The van der Waals surface area contributed by atoms with E-state index in [-0.39, 0.29) is 0 Å². The maximum Gasteiger partial charge on any atom is 0.107 e. The van der Waals surface area contributed by atoms with Gasteiger partial charge in [-0.15, -0.1) is 0 Å². The van der Waals surface area contributed by atoms with Crippen molar-refractivity contribution in [1.29, 1.82) is 0 Å². The van der Waals surface area contributed by atoms with Gasteiger partial charge in [-0.25, -0.2) is 0 Å². The lowest BCUT2D eigenvalue weighted by Crippen LogP contribution is -1.96. The molecule has 3 nitrogen and oxygen atoms in total. The molecule has 0 amide bonds. The van der Waals surface area contributed by atoms with Gasteiger partial charge in [-0.05, 0) is 37.3 Å². The minimum absolute atomic E-state index is 0.870. The fraction of sp³-hybridized carbons (Fsp3) is 0.609. The first-order valence-corrected chi connectivity index (χ1v) is 10.6. The van der Waals surface area contributed by atoms with Crippen LogP contribution in [0.2, 0.25) is 0 Å². The maximum absolute atomic E-state index is 4.59. The van der Waals surface area contributed by atoms with Crippen LogP contribution in [0.1, 0.15) is 89.3 Å². The van der Waals surface area contributed by atoms with Gasteiger partial charge < -0.3 is 0 Å². The van der Waals surface area contributed by atoms with E-state index in [2.05, 4.69) is 40.9 Å². The van der Waals surface area contributed by atoms with E-state index >= 15 is 0 Å². The first kappa shape index (κ1) is 20.5. The molecule has 2 aromatic rings. The van der Waals surface area contributed by atoms with Gasteiger partial charge in [-0.1, -0.05) is 71.3 Å². The van der Waals surface area contributed by atoms with Crippen molar-refractivity contribution in [2.45, 2.75) is 90.9 Å². The van der Waals surface area contributed by atoms with Crippen LogP contribution >= 0.6 is 0 Å². The molecule has 0 saturated carbocycles. The molecule has 142 valence electrons. The molecule has 0 atom stereocenters. The highest BCUT2D eigenvalue weighted by molar-refractivity contribution is 5.52. The smallest absolute Gasteiger partial charge is 0.107 e. The molecule has 2 aromatic heterocycles. The summed E-state index contributed by atoms with van der Waals surface area (Å²) < 4.78 is 0. The lowest BCUT2D eigenvalue weighted by Gasteiger charge is -2.05. The number of aromatic nitrogens is 3. The van der Waals surface area contributed by atoms with Crippen molar-refractivity contribution in [1.82, 2.24) is 15.0 Å². The Hall–Kier alpha value is -1.77. The number of rotatable bonds is 13. The number of nitrogens with zero attached hydrogens (tertiary/aromatic N) is 3. The summed E-state index contributed by atoms with van der Waals surface area (Å²) >= 11 is 0. The number of aryl methyl sites for hydroxylation is 2. The Morgan fingerprint density at radius 3 is 1.81 bits per heavy atom. The lowest BCUT2D eigenvalue weighted by atomic mass is 10.1. The Bertz CT molecular complexity index is 534. The standard InChI is InChI=1S/C23H35N3/c1-3-5-7-9-11-13-20-15-16-22(25-17-20)23-19-24-21(18-26-23)14-12-10-8-6-4-2/h15-19H,3-14H2,1-2H3. The van der Waals surface area contributed by atoms with Crippen LogP contribution in [0.4, 0.5) is 0 Å². The average molecular weight is 354 g/mol. The molecule has 0 N–H and O–H groups in total. The second-order valence-electron chi connectivity index (χ2n) is 7.27. The summed E-state index contributed by atoms with van der Waals surface area (Å²) in [5.74, 6) is 0. The van der Waals surface area contributed by atoms with Crippen molar-refractivity contribution in [3.05, 3.63) is 42.0 Å². The van der Waals surface area contributed by atoms with Crippen molar-refractivity contribution in [2.24, 2.45) is 0 Å². The zero-order valence-corrected chi connectivity index (χ0v) is 16.7. The fourth-order valence-electron chi connectivity index (χ4n) is 3.18. The maximum atomic E-state index is 4.59. The first-order valence-electron chi connectivity index (χ1n) is 10.6. The molecular formula is C23H35N3. The minimum atomic E-state index is 0.870. The largest absolute Gasteiger partial charge is 0.257 e. The van der Waals surface area contributed by atoms with Crippen molar-refractivity contribution in [2.75, 3.05) is 0 Å². The molecule has 0 aliphatic heterocycles. The summed E-state index contributed by atoms with van der Waals surface area (Å²) in [5, 5.41) is 0. The van der Waals surface area contributed by atoms with Crippen LogP contribution in [0.3, 0.4) is 0 Å². The molecule has 0 saturated heterocycles. The van der Waals surface area contributed by atoms with Crippen LogP contribution < -0.4 is 0 Å². The molecule has 0 radical (unpaired) electrons. The Morgan fingerprint density at radius 1 is 0.577 bits per heavy atom. The summed E-state index contributed by atoms with van der Waals surface area (Å²) in [6.45, 7) is 4.50. The van der Waals surface area contributed by atoms with Gasteiger partial charge in [0, 0.05) is 12.4 Å². The van der Waals surface area contributed by atoms with Crippen LogP contribution in [-0.4, -0.2) is 15.0 Å². The van der Waals surface area contributed by atoms with E-state index < -0.39 is 0 Å². The molecule has 0 fully saturated rings. The van der Waals surface area contributed by atoms with E-state index in [0.717, 1.165) is 29.9 Å². The van der Waals surface area contributed by atoms with Crippen LogP contribution in [-0.2, 0) is 12.8 Å². The highest BCUT2D eigenvalue weighted by atomic mass is 14.8. The van der Waals surface area contributed by atoms with Gasteiger partial charge in [0.05, 0.1) is 17.6 Å². The number of pyridine rings is 1. The molecule has 2 heterocycles. The molecular weight excluding hydrogens is 318 g/mol. The SMILES string of the molecule is CCCCCCCc1ccc(-c2cnc(CCCCCCC)cn2)nc1. The highest BCUT2D eigenvalue weighted by Gasteiger charge is 2.03. The predicted octanol–water partition coefficient (Wildman–Crippen LogP) is 6.56. The van der Waals surface area contributed by atoms with Crippen molar-refractivity contribution < 1.29 is 0 Å². The van der Waals surface area contributed by atoms with E-state index in [0.29, 0.717) is 0 Å². The predicted molar refractivity (Wildman–Crippen MR) is 110 cm³/mol.